The van der Waals surface area contributed by atoms with Crippen molar-refractivity contribution in [1.29, 1.82) is 0 Å². The zero-order valence-electron chi connectivity index (χ0n) is 14.5. The number of halogens is 2. The number of rotatable bonds is 7. The van der Waals surface area contributed by atoms with Gasteiger partial charge in [0.1, 0.15) is 17.7 Å². The second-order valence-corrected chi connectivity index (χ2v) is 6.66. The van der Waals surface area contributed by atoms with Crippen molar-refractivity contribution in [3.05, 3.63) is 66.0 Å². The lowest BCUT2D eigenvalue weighted by atomic mass is 9.91. The third-order valence-electron chi connectivity index (χ3n) is 4.76. The molecule has 2 nitrogen and oxygen atoms in total. The smallest absolute Gasteiger partial charge is 0.126 e. The number of ether oxygens (including phenoxy) is 1. The van der Waals surface area contributed by atoms with Crippen LogP contribution in [0.1, 0.15) is 31.2 Å². The molecule has 0 amide bonds. The zero-order chi connectivity index (χ0) is 16.6. The fraction of sp³-hybridized carbons (Fsp3) is 0.429. The number of hydrogen-bond donors (Lipinski definition) is 1. The second kappa shape index (κ2) is 10.6. The molecule has 136 valence electrons. The van der Waals surface area contributed by atoms with Crippen LogP contribution in [0.3, 0.4) is 0 Å². The monoisotopic (exact) mass is 407 g/mol. The Kier molecular flexibility index (Phi) is 8.42. The van der Waals surface area contributed by atoms with Crippen molar-refractivity contribution >= 4 is 17.0 Å². The molecule has 2 aromatic carbocycles. The van der Waals surface area contributed by atoms with Gasteiger partial charge in [-0.25, -0.2) is 4.39 Å². The van der Waals surface area contributed by atoms with E-state index in [0.717, 1.165) is 31.8 Å². The third-order valence-corrected chi connectivity index (χ3v) is 4.76. The highest BCUT2D eigenvalue weighted by Gasteiger charge is 2.18. The van der Waals surface area contributed by atoms with Gasteiger partial charge in [0.2, 0.25) is 0 Å². The number of hydrogen-bond acceptors (Lipinski definition) is 2. The Labute approximate surface area is 160 Å². The van der Waals surface area contributed by atoms with Crippen LogP contribution in [0.25, 0.3) is 0 Å². The largest absolute Gasteiger partial charge is 0.490 e. The lowest BCUT2D eigenvalue weighted by Crippen LogP contribution is -2.29. The lowest BCUT2D eigenvalue weighted by Gasteiger charge is -2.25. The molecule has 1 unspecified atom stereocenters. The molecule has 0 spiro atoms. The molecule has 4 heteroatoms. The van der Waals surface area contributed by atoms with Crippen LogP contribution in [-0.2, 0) is 6.42 Å². The Bertz CT molecular complexity index is 616. The number of nitrogens with one attached hydrogen (secondary N) is 1. The standard InChI is InChI=1S/C21H26FNO.BrH/c22-19-7-4-8-20(16-19)24-21(15-18-5-2-1-3-6-18)10-9-17-11-13-23-14-12-17;/h1-8,16-17,21,23H,9-15H2;1H. The molecule has 1 atom stereocenters. The Morgan fingerprint density at radius 2 is 1.80 bits per heavy atom. The van der Waals surface area contributed by atoms with Crippen LogP contribution in [-0.4, -0.2) is 19.2 Å². The van der Waals surface area contributed by atoms with Crippen molar-refractivity contribution in [3.8, 4) is 5.75 Å². The highest BCUT2D eigenvalue weighted by molar-refractivity contribution is 8.93. The van der Waals surface area contributed by atoms with Gasteiger partial charge < -0.3 is 10.1 Å². The van der Waals surface area contributed by atoms with Gasteiger partial charge in [0, 0.05) is 12.5 Å². The van der Waals surface area contributed by atoms with Crippen molar-refractivity contribution in [2.24, 2.45) is 5.92 Å². The Morgan fingerprint density at radius 1 is 1.04 bits per heavy atom. The molecule has 1 aliphatic heterocycles. The minimum atomic E-state index is -0.246. The summed E-state index contributed by atoms with van der Waals surface area (Å²) in [6.07, 6.45) is 5.63. The Balaban J connectivity index is 0.00000225. The summed E-state index contributed by atoms with van der Waals surface area (Å²) < 4.78 is 19.6. The van der Waals surface area contributed by atoms with E-state index in [1.165, 1.54) is 37.0 Å². The Hall–Kier alpha value is -1.39. The molecular formula is C21H27BrFNO. The van der Waals surface area contributed by atoms with Gasteiger partial charge in [-0.3, -0.25) is 0 Å². The van der Waals surface area contributed by atoms with Gasteiger partial charge in [-0.2, -0.15) is 0 Å². The van der Waals surface area contributed by atoms with Crippen LogP contribution in [0.5, 0.6) is 5.75 Å². The topological polar surface area (TPSA) is 21.3 Å². The molecule has 0 radical (unpaired) electrons. The first kappa shape index (κ1) is 19.9. The fourth-order valence-electron chi connectivity index (χ4n) is 3.40. The summed E-state index contributed by atoms with van der Waals surface area (Å²) in [5, 5.41) is 3.42. The fourth-order valence-corrected chi connectivity index (χ4v) is 3.40. The predicted octanol–water partition coefficient (Wildman–Crippen LogP) is 5.17. The molecule has 0 aliphatic carbocycles. The van der Waals surface area contributed by atoms with Crippen molar-refractivity contribution in [1.82, 2.24) is 5.32 Å². The molecule has 1 N–H and O–H groups in total. The first-order valence-electron chi connectivity index (χ1n) is 8.96. The average Bonchev–Trinajstić information content (AvgIpc) is 2.61. The van der Waals surface area contributed by atoms with Gasteiger partial charge >= 0.3 is 0 Å². The van der Waals surface area contributed by atoms with E-state index in [4.69, 9.17) is 4.74 Å². The van der Waals surface area contributed by atoms with E-state index in [-0.39, 0.29) is 28.9 Å². The van der Waals surface area contributed by atoms with Gasteiger partial charge in [0.05, 0.1) is 0 Å². The summed E-state index contributed by atoms with van der Waals surface area (Å²) in [7, 11) is 0. The van der Waals surface area contributed by atoms with E-state index >= 15 is 0 Å². The van der Waals surface area contributed by atoms with E-state index < -0.39 is 0 Å². The van der Waals surface area contributed by atoms with Crippen molar-refractivity contribution in [2.75, 3.05) is 13.1 Å². The highest BCUT2D eigenvalue weighted by atomic mass is 79.9. The first-order valence-corrected chi connectivity index (χ1v) is 8.96. The van der Waals surface area contributed by atoms with Gasteiger partial charge in [0.25, 0.3) is 0 Å². The molecule has 25 heavy (non-hydrogen) atoms. The summed E-state index contributed by atoms with van der Waals surface area (Å²) in [5.41, 5.74) is 1.27. The van der Waals surface area contributed by atoms with Crippen molar-refractivity contribution in [2.45, 2.75) is 38.2 Å². The maximum Gasteiger partial charge on any atom is 0.126 e. The second-order valence-electron chi connectivity index (χ2n) is 6.66. The van der Waals surface area contributed by atoms with E-state index in [0.29, 0.717) is 5.75 Å². The molecule has 1 heterocycles. The maximum absolute atomic E-state index is 13.4. The summed E-state index contributed by atoms with van der Waals surface area (Å²) in [6, 6.07) is 16.9. The molecule has 0 bridgehead atoms. The molecule has 2 aromatic rings. The summed E-state index contributed by atoms with van der Waals surface area (Å²) in [4.78, 5) is 0. The van der Waals surface area contributed by atoms with Crippen LogP contribution in [0, 0.1) is 11.7 Å². The SMILES string of the molecule is Br.Fc1cccc(OC(CCC2CCNCC2)Cc2ccccc2)c1. The van der Waals surface area contributed by atoms with Gasteiger partial charge in [-0.1, -0.05) is 36.4 Å². The van der Waals surface area contributed by atoms with Crippen LogP contribution < -0.4 is 10.1 Å². The molecule has 1 saturated heterocycles. The van der Waals surface area contributed by atoms with Gasteiger partial charge in [-0.15, -0.1) is 17.0 Å². The van der Waals surface area contributed by atoms with Crippen molar-refractivity contribution in [3.63, 3.8) is 0 Å². The number of benzene rings is 2. The quantitative estimate of drug-likeness (QED) is 0.682. The van der Waals surface area contributed by atoms with Crippen LogP contribution in [0.15, 0.2) is 54.6 Å². The molecule has 1 aliphatic rings. The zero-order valence-corrected chi connectivity index (χ0v) is 16.2. The van der Waals surface area contributed by atoms with Crippen LogP contribution >= 0.6 is 17.0 Å². The summed E-state index contributed by atoms with van der Waals surface area (Å²) in [6.45, 7) is 2.25. The minimum absolute atomic E-state index is 0. The normalized spacial score (nSPS) is 16.0. The summed E-state index contributed by atoms with van der Waals surface area (Å²) in [5.74, 6) is 1.16. The minimum Gasteiger partial charge on any atom is -0.490 e. The van der Waals surface area contributed by atoms with E-state index in [9.17, 15) is 4.39 Å². The highest BCUT2D eigenvalue weighted by Crippen LogP contribution is 2.23. The molecular weight excluding hydrogens is 381 g/mol. The van der Waals surface area contributed by atoms with E-state index in [1.807, 2.05) is 12.1 Å². The van der Waals surface area contributed by atoms with Crippen LogP contribution in [0.4, 0.5) is 4.39 Å². The van der Waals surface area contributed by atoms with Crippen molar-refractivity contribution < 1.29 is 9.13 Å². The van der Waals surface area contributed by atoms with Gasteiger partial charge in [0.15, 0.2) is 0 Å². The van der Waals surface area contributed by atoms with Crippen LogP contribution in [0.2, 0.25) is 0 Å². The molecule has 0 saturated carbocycles. The predicted molar refractivity (Wildman–Crippen MR) is 106 cm³/mol. The molecule has 1 fully saturated rings. The average molecular weight is 408 g/mol. The first-order chi connectivity index (χ1) is 11.8. The van der Waals surface area contributed by atoms with Gasteiger partial charge in [-0.05, 0) is 62.4 Å². The number of piperidine rings is 1. The van der Waals surface area contributed by atoms with E-state index in [2.05, 4.69) is 29.6 Å². The molecule has 0 aromatic heterocycles. The Morgan fingerprint density at radius 3 is 2.52 bits per heavy atom. The summed E-state index contributed by atoms with van der Waals surface area (Å²) >= 11 is 0. The van der Waals surface area contributed by atoms with E-state index in [1.54, 1.807) is 6.07 Å². The lowest BCUT2D eigenvalue weighted by molar-refractivity contribution is 0.174. The maximum atomic E-state index is 13.4. The molecule has 3 rings (SSSR count). The third kappa shape index (κ3) is 6.79.